The molecule has 1 aromatic carbocycles. The molecule has 19 heavy (non-hydrogen) atoms. The topological polar surface area (TPSA) is 0 Å². The average molecular weight is 372 g/mol. The first-order valence-electron chi connectivity index (χ1n) is 6.12. The molecule has 0 nitrogen and oxygen atoms in total. The third-order valence-electron chi connectivity index (χ3n) is 3.61. The predicted molar refractivity (Wildman–Crippen MR) is 83.9 cm³/mol. The Morgan fingerprint density at radius 2 is 2.00 bits per heavy atom. The van der Waals surface area contributed by atoms with Crippen LogP contribution in [-0.4, -0.2) is 0 Å². The molecule has 0 aliphatic heterocycles. The first kappa shape index (κ1) is 17.0. The van der Waals surface area contributed by atoms with Crippen LogP contribution >= 0.6 is 24.8 Å². The van der Waals surface area contributed by atoms with Crippen LogP contribution in [0.15, 0.2) is 45.8 Å². The monoisotopic (exact) mass is 370 g/mol. The Morgan fingerprint density at radius 3 is 2.68 bits per heavy atom. The van der Waals surface area contributed by atoms with Gasteiger partial charge in [0.05, 0.1) is 0 Å². The van der Waals surface area contributed by atoms with E-state index in [1.54, 1.807) is 8.84 Å². The van der Waals surface area contributed by atoms with Crippen molar-refractivity contribution in [3.63, 3.8) is 0 Å². The van der Waals surface area contributed by atoms with Crippen LogP contribution in [0.4, 0.5) is 0 Å². The summed E-state index contributed by atoms with van der Waals surface area (Å²) in [7, 11) is 0. The molecule has 100 valence electrons. The van der Waals surface area contributed by atoms with E-state index in [0.29, 0.717) is 3.12 Å². The van der Waals surface area contributed by atoms with E-state index in [1.165, 1.54) is 17.5 Å². The molecule has 3 rings (SSSR count). The van der Waals surface area contributed by atoms with Crippen molar-refractivity contribution in [3.8, 4) is 0 Å². The number of benzene rings is 1. The SMILES string of the molecule is Cc1cccc2c1[C](C)([Zr][C]1=CC=CC1)C=C2.Cl.Cl. The molecular weight excluding hydrogens is 354 g/mol. The molecule has 0 N–H and O–H groups in total. The van der Waals surface area contributed by atoms with Gasteiger partial charge in [0, 0.05) is 0 Å². The van der Waals surface area contributed by atoms with Crippen LogP contribution in [0.1, 0.15) is 30.0 Å². The minimum absolute atomic E-state index is 0. The van der Waals surface area contributed by atoms with Crippen molar-refractivity contribution in [2.45, 2.75) is 23.4 Å². The van der Waals surface area contributed by atoms with Crippen LogP contribution in [0, 0.1) is 6.92 Å². The molecule has 1 aromatic rings. The molecule has 2 aliphatic carbocycles. The fourth-order valence-corrected chi connectivity index (χ4v) is 7.03. The van der Waals surface area contributed by atoms with Crippen LogP contribution in [0.25, 0.3) is 6.08 Å². The third-order valence-corrected chi connectivity index (χ3v) is 7.61. The summed E-state index contributed by atoms with van der Waals surface area (Å²) in [4.78, 5) is 0. The van der Waals surface area contributed by atoms with Gasteiger partial charge in [0.2, 0.25) is 0 Å². The van der Waals surface area contributed by atoms with Gasteiger partial charge in [0.1, 0.15) is 0 Å². The maximum atomic E-state index is 2.45. The van der Waals surface area contributed by atoms with Crippen LogP contribution < -0.4 is 0 Å². The molecule has 0 spiro atoms. The van der Waals surface area contributed by atoms with Crippen molar-refractivity contribution in [2.24, 2.45) is 0 Å². The molecular formula is C16H18Cl2Zr. The Bertz CT molecular complexity index is 558. The zero-order chi connectivity index (χ0) is 11.9. The maximum absolute atomic E-state index is 2.45. The summed E-state index contributed by atoms with van der Waals surface area (Å²) in [5, 5.41) is 0. The molecule has 1 atom stereocenters. The van der Waals surface area contributed by atoms with Gasteiger partial charge < -0.3 is 0 Å². The van der Waals surface area contributed by atoms with E-state index in [4.69, 9.17) is 0 Å². The molecule has 1 unspecified atom stereocenters. The van der Waals surface area contributed by atoms with E-state index in [2.05, 4.69) is 62.4 Å². The molecule has 0 radical (unpaired) electrons. The molecule has 0 saturated carbocycles. The summed E-state index contributed by atoms with van der Waals surface area (Å²) in [6.07, 6.45) is 12.8. The van der Waals surface area contributed by atoms with E-state index in [1.807, 2.05) is 0 Å². The number of fused-ring (bicyclic) bond motifs is 1. The zero-order valence-electron chi connectivity index (χ0n) is 11.1. The van der Waals surface area contributed by atoms with E-state index in [9.17, 15) is 0 Å². The molecule has 0 aromatic heterocycles. The van der Waals surface area contributed by atoms with Crippen LogP contribution in [-0.2, 0) is 26.4 Å². The second kappa shape index (κ2) is 6.57. The van der Waals surface area contributed by atoms with Crippen molar-refractivity contribution < 1.29 is 23.2 Å². The van der Waals surface area contributed by atoms with Crippen molar-refractivity contribution in [1.29, 1.82) is 0 Å². The minimum atomic E-state index is -0.564. The third kappa shape index (κ3) is 3.15. The van der Waals surface area contributed by atoms with Gasteiger partial charge in [-0.05, 0) is 0 Å². The minimum Gasteiger partial charge on any atom is -0.147 e. The molecule has 0 fully saturated rings. The van der Waals surface area contributed by atoms with Crippen LogP contribution in [0.3, 0.4) is 0 Å². The standard InChI is InChI=1S/C11H11.C5H5.2ClH.Zr/c1-8-4-3-5-10-7-6-9(2)11(8)10;1-2-4-5-3-1;;;/h3-7H,1-2H3;1-3H,4H2;2*1H;. The molecule has 0 bridgehead atoms. The summed E-state index contributed by atoms with van der Waals surface area (Å²) in [6, 6.07) is 6.68. The molecule has 0 amide bonds. The Morgan fingerprint density at radius 1 is 1.21 bits per heavy atom. The van der Waals surface area contributed by atoms with E-state index >= 15 is 0 Å². The number of halogens is 2. The summed E-state index contributed by atoms with van der Waals surface area (Å²) >= 11 is -0.564. The number of aryl methyl sites for hydroxylation is 1. The molecule has 3 heteroatoms. The van der Waals surface area contributed by atoms with Crippen molar-refractivity contribution in [2.75, 3.05) is 0 Å². The Balaban J connectivity index is 0.000000902. The van der Waals surface area contributed by atoms with Gasteiger partial charge in [-0.2, -0.15) is 0 Å². The predicted octanol–water partition coefficient (Wildman–Crippen LogP) is 5.01. The summed E-state index contributed by atoms with van der Waals surface area (Å²) < 4.78 is 2.08. The largest absolute Gasteiger partial charge is 0.147 e. The first-order chi connectivity index (χ1) is 8.19. The zero-order valence-corrected chi connectivity index (χ0v) is 15.2. The Labute approximate surface area is 139 Å². The quantitative estimate of drug-likeness (QED) is 0.685. The Hall–Kier alpha value is -0.0969. The van der Waals surface area contributed by atoms with Gasteiger partial charge in [-0.3, -0.25) is 0 Å². The van der Waals surface area contributed by atoms with Gasteiger partial charge in [0.15, 0.2) is 0 Å². The van der Waals surface area contributed by atoms with E-state index in [-0.39, 0.29) is 24.8 Å². The molecule has 0 saturated heterocycles. The number of allylic oxidation sites excluding steroid dienone is 5. The molecule has 2 aliphatic rings. The fraction of sp³-hybridized carbons (Fsp3) is 0.250. The average Bonchev–Trinajstić information content (AvgIpc) is 2.89. The van der Waals surface area contributed by atoms with E-state index < -0.39 is 23.2 Å². The number of rotatable bonds is 2. The second-order valence-electron chi connectivity index (χ2n) is 5.02. The van der Waals surface area contributed by atoms with E-state index in [0.717, 1.165) is 0 Å². The normalized spacial score (nSPS) is 22.3. The van der Waals surface area contributed by atoms with Crippen molar-refractivity contribution in [1.82, 2.24) is 0 Å². The summed E-state index contributed by atoms with van der Waals surface area (Å²) in [5.41, 5.74) is 4.50. The number of hydrogen-bond acceptors (Lipinski definition) is 0. The second-order valence-corrected chi connectivity index (χ2v) is 9.77. The fourth-order valence-electron chi connectivity index (χ4n) is 2.86. The maximum Gasteiger partial charge on any atom is -0.147 e. The van der Waals surface area contributed by atoms with Gasteiger partial charge in [-0.1, -0.05) is 0 Å². The van der Waals surface area contributed by atoms with Gasteiger partial charge >= 0.3 is 115 Å². The summed E-state index contributed by atoms with van der Waals surface area (Å²) in [6.45, 7) is 4.69. The van der Waals surface area contributed by atoms with Gasteiger partial charge in [-0.15, -0.1) is 24.8 Å². The van der Waals surface area contributed by atoms with Crippen LogP contribution in [0.2, 0.25) is 0 Å². The van der Waals surface area contributed by atoms with Crippen molar-refractivity contribution >= 4 is 30.9 Å². The van der Waals surface area contributed by atoms with Gasteiger partial charge in [0.25, 0.3) is 0 Å². The first-order valence-corrected chi connectivity index (χ1v) is 8.58. The summed E-state index contributed by atoms with van der Waals surface area (Å²) in [5.74, 6) is 0. The smallest absolute Gasteiger partial charge is 0.147 e. The Kier molecular flexibility index (Phi) is 5.86. The number of hydrogen-bond donors (Lipinski definition) is 0. The van der Waals surface area contributed by atoms with Crippen LogP contribution in [0.5, 0.6) is 0 Å². The van der Waals surface area contributed by atoms with Crippen molar-refractivity contribution in [3.05, 3.63) is 62.5 Å². The van der Waals surface area contributed by atoms with Gasteiger partial charge in [-0.25, -0.2) is 0 Å². The molecule has 0 heterocycles.